The number of aliphatic hydroxyl groups is 1. The largest absolute Gasteiger partial charge is 0.387 e. The molecule has 0 aliphatic heterocycles. The molecule has 1 heterocycles. The smallest absolute Gasteiger partial charge is 0.213 e. The Hall–Kier alpha value is -1.03. The Morgan fingerprint density at radius 2 is 2.09 bits per heavy atom. The minimum Gasteiger partial charge on any atom is -0.387 e. The third-order valence-electron chi connectivity index (χ3n) is 1.23. The average molecular weight is 159 g/mol. The molecular formula is C7H7F2NO. The third kappa shape index (κ3) is 1.71. The molecule has 0 saturated heterocycles. The number of halogens is 2. The van der Waals surface area contributed by atoms with Crippen LogP contribution in [0.2, 0.25) is 0 Å². The molecule has 1 aromatic rings. The highest BCUT2D eigenvalue weighted by atomic mass is 19.1. The van der Waals surface area contributed by atoms with E-state index in [2.05, 4.69) is 4.98 Å². The molecule has 0 bridgehead atoms. The summed E-state index contributed by atoms with van der Waals surface area (Å²) in [7, 11) is 0. The maximum absolute atomic E-state index is 12.6. The van der Waals surface area contributed by atoms with E-state index in [0.29, 0.717) is 0 Å². The highest BCUT2D eigenvalue weighted by Crippen LogP contribution is 2.13. The highest BCUT2D eigenvalue weighted by Gasteiger charge is 2.09. The highest BCUT2D eigenvalue weighted by molar-refractivity contribution is 5.09. The summed E-state index contributed by atoms with van der Waals surface area (Å²) in [4.78, 5) is 3.18. The van der Waals surface area contributed by atoms with Crippen molar-refractivity contribution in [3.8, 4) is 0 Å². The summed E-state index contributed by atoms with van der Waals surface area (Å²) < 4.78 is 24.9. The van der Waals surface area contributed by atoms with Gasteiger partial charge in [-0.1, -0.05) is 0 Å². The van der Waals surface area contributed by atoms with Crippen molar-refractivity contribution in [1.82, 2.24) is 4.98 Å². The van der Waals surface area contributed by atoms with Crippen LogP contribution in [-0.4, -0.2) is 10.1 Å². The maximum Gasteiger partial charge on any atom is 0.213 e. The van der Waals surface area contributed by atoms with Gasteiger partial charge < -0.3 is 5.11 Å². The zero-order valence-corrected chi connectivity index (χ0v) is 5.88. The fourth-order valence-electron chi connectivity index (χ4n) is 0.726. The molecule has 0 spiro atoms. The van der Waals surface area contributed by atoms with Crippen LogP contribution in [0, 0.1) is 11.8 Å². The molecule has 1 aromatic heterocycles. The van der Waals surface area contributed by atoms with Gasteiger partial charge in [0.2, 0.25) is 5.95 Å². The zero-order valence-electron chi connectivity index (χ0n) is 5.88. The second-order valence-electron chi connectivity index (χ2n) is 2.18. The average Bonchev–Trinajstić information content (AvgIpc) is 1.94. The van der Waals surface area contributed by atoms with Gasteiger partial charge in [-0.3, -0.25) is 0 Å². The van der Waals surface area contributed by atoms with E-state index < -0.39 is 17.9 Å². The van der Waals surface area contributed by atoms with Crippen molar-refractivity contribution in [2.24, 2.45) is 0 Å². The summed E-state index contributed by atoms with van der Waals surface area (Å²) in [6, 6.07) is 1.84. The van der Waals surface area contributed by atoms with E-state index in [1.54, 1.807) is 0 Å². The summed E-state index contributed by atoms with van der Waals surface area (Å²) in [5.41, 5.74) is -0.259. The van der Waals surface area contributed by atoms with Gasteiger partial charge in [-0.25, -0.2) is 9.37 Å². The second kappa shape index (κ2) is 2.92. The van der Waals surface area contributed by atoms with E-state index in [0.717, 1.165) is 12.1 Å². The monoisotopic (exact) mass is 159 g/mol. The van der Waals surface area contributed by atoms with Crippen molar-refractivity contribution in [2.45, 2.75) is 13.0 Å². The number of hydrogen-bond donors (Lipinski definition) is 1. The summed E-state index contributed by atoms with van der Waals surface area (Å²) in [6.45, 7) is 1.32. The molecular weight excluding hydrogens is 152 g/mol. The van der Waals surface area contributed by atoms with Crippen LogP contribution in [0.5, 0.6) is 0 Å². The lowest BCUT2D eigenvalue weighted by atomic mass is 10.2. The summed E-state index contributed by atoms with van der Waals surface area (Å²) in [5, 5.41) is 8.86. The molecule has 60 valence electrons. The molecule has 0 amide bonds. The standard InChI is InChI=1S/C7H7F2NO/c1-4(11)7-5(8)2-3-6(9)10-7/h2-4,11H,1H3. The summed E-state index contributed by atoms with van der Waals surface area (Å²) >= 11 is 0. The first-order chi connectivity index (χ1) is 5.11. The van der Waals surface area contributed by atoms with Crippen molar-refractivity contribution >= 4 is 0 Å². The van der Waals surface area contributed by atoms with E-state index >= 15 is 0 Å². The normalized spacial score (nSPS) is 13.1. The first kappa shape index (κ1) is 8.07. The topological polar surface area (TPSA) is 33.1 Å². The van der Waals surface area contributed by atoms with Gasteiger partial charge >= 0.3 is 0 Å². The van der Waals surface area contributed by atoms with Gasteiger partial charge in [0, 0.05) is 0 Å². The van der Waals surface area contributed by atoms with Crippen LogP contribution in [-0.2, 0) is 0 Å². The number of aromatic nitrogens is 1. The van der Waals surface area contributed by atoms with Gasteiger partial charge in [0.15, 0.2) is 0 Å². The molecule has 2 nitrogen and oxygen atoms in total. The predicted octanol–water partition coefficient (Wildman–Crippen LogP) is 1.41. The lowest BCUT2D eigenvalue weighted by Gasteiger charge is -2.03. The molecule has 4 heteroatoms. The molecule has 0 aliphatic carbocycles. The van der Waals surface area contributed by atoms with E-state index in [9.17, 15) is 8.78 Å². The molecule has 0 aromatic carbocycles. The van der Waals surface area contributed by atoms with Gasteiger partial charge in [-0.2, -0.15) is 4.39 Å². The Bertz CT molecular complexity index is 263. The Morgan fingerprint density at radius 3 is 2.55 bits per heavy atom. The molecule has 1 atom stereocenters. The first-order valence-corrected chi connectivity index (χ1v) is 3.11. The minimum atomic E-state index is -1.08. The minimum absolute atomic E-state index is 0.259. The van der Waals surface area contributed by atoms with E-state index in [1.807, 2.05) is 0 Å². The van der Waals surface area contributed by atoms with Crippen molar-refractivity contribution in [3.63, 3.8) is 0 Å². The number of hydrogen-bond acceptors (Lipinski definition) is 2. The maximum atomic E-state index is 12.6. The number of pyridine rings is 1. The molecule has 11 heavy (non-hydrogen) atoms. The van der Waals surface area contributed by atoms with Crippen LogP contribution < -0.4 is 0 Å². The van der Waals surface area contributed by atoms with Gasteiger partial charge in [0.25, 0.3) is 0 Å². The molecule has 1 unspecified atom stereocenters. The van der Waals surface area contributed by atoms with Gasteiger partial charge in [-0.05, 0) is 19.1 Å². The van der Waals surface area contributed by atoms with Gasteiger partial charge in [0.05, 0.1) is 6.10 Å². The Kier molecular flexibility index (Phi) is 2.14. The SMILES string of the molecule is CC(O)c1nc(F)ccc1F. The quantitative estimate of drug-likeness (QED) is 0.628. The van der Waals surface area contributed by atoms with E-state index in [4.69, 9.17) is 5.11 Å². The summed E-state index contributed by atoms with van der Waals surface area (Å²) in [6.07, 6.45) is -1.08. The Morgan fingerprint density at radius 1 is 1.45 bits per heavy atom. The van der Waals surface area contributed by atoms with Crippen LogP contribution in [0.1, 0.15) is 18.7 Å². The van der Waals surface area contributed by atoms with Crippen molar-refractivity contribution in [1.29, 1.82) is 0 Å². The lowest BCUT2D eigenvalue weighted by Crippen LogP contribution is -2.01. The first-order valence-electron chi connectivity index (χ1n) is 3.11. The predicted molar refractivity (Wildman–Crippen MR) is 34.8 cm³/mol. The lowest BCUT2D eigenvalue weighted by molar-refractivity contribution is 0.187. The van der Waals surface area contributed by atoms with Gasteiger partial charge in [-0.15, -0.1) is 0 Å². The zero-order chi connectivity index (χ0) is 8.43. The van der Waals surface area contributed by atoms with E-state index in [1.165, 1.54) is 6.92 Å². The fourth-order valence-corrected chi connectivity index (χ4v) is 0.726. The number of rotatable bonds is 1. The number of aliphatic hydroxyl groups excluding tert-OH is 1. The molecule has 0 fully saturated rings. The van der Waals surface area contributed by atoms with Crippen molar-refractivity contribution in [2.75, 3.05) is 0 Å². The van der Waals surface area contributed by atoms with Crippen LogP contribution >= 0.6 is 0 Å². The van der Waals surface area contributed by atoms with Crippen LogP contribution in [0.3, 0.4) is 0 Å². The summed E-state index contributed by atoms with van der Waals surface area (Å²) in [5.74, 6) is -1.48. The van der Waals surface area contributed by atoms with Crippen molar-refractivity contribution < 1.29 is 13.9 Å². The molecule has 0 radical (unpaired) electrons. The van der Waals surface area contributed by atoms with Crippen LogP contribution in [0.4, 0.5) is 8.78 Å². The molecule has 1 N–H and O–H groups in total. The van der Waals surface area contributed by atoms with Gasteiger partial charge in [0.1, 0.15) is 11.5 Å². The second-order valence-corrected chi connectivity index (χ2v) is 2.18. The van der Waals surface area contributed by atoms with Crippen LogP contribution in [0.15, 0.2) is 12.1 Å². The van der Waals surface area contributed by atoms with E-state index in [-0.39, 0.29) is 5.69 Å². The molecule has 0 saturated carbocycles. The molecule has 0 aliphatic rings. The Balaban J connectivity index is 3.13. The third-order valence-corrected chi connectivity index (χ3v) is 1.23. The van der Waals surface area contributed by atoms with Crippen molar-refractivity contribution in [3.05, 3.63) is 29.6 Å². The Labute approximate surface area is 62.5 Å². The number of nitrogens with zero attached hydrogens (tertiary/aromatic N) is 1. The fraction of sp³-hybridized carbons (Fsp3) is 0.286. The van der Waals surface area contributed by atoms with Crippen LogP contribution in [0.25, 0.3) is 0 Å². The molecule has 1 rings (SSSR count).